The van der Waals surface area contributed by atoms with Gasteiger partial charge in [0.1, 0.15) is 5.82 Å². The highest BCUT2D eigenvalue weighted by molar-refractivity contribution is 5.76. The van der Waals surface area contributed by atoms with Gasteiger partial charge in [0.15, 0.2) is 0 Å². The van der Waals surface area contributed by atoms with Crippen LogP contribution in [0, 0.1) is 11.7 Å². The Morgan fingerprint density at radius 3 is 2.44 bits per heavy atom. The van der Waals surface area contributed by atoms with Gasteiger partial charge in [-0.05, 0) is 24.6 Å². The lowest BCUT2D eigenvalue weighted by Gasteiger charge is -2.16. The molecule has 1 unspecified atom stereocenters. The quantitative estimate of drug-likeness (QED) is 0.798. The van der Waals surface area contributed by atoms with Crippen LogP contribution in [0.1, 0.15) is 25.5 Å². The molecule has 0 aliphatic heterocycles. The first-order valence-electron chi connectivity index (χ1n) is 5.29. The SMILES string of the molecule is CC(CN[C@H](C)c1ccc(F)cc1)C(N)=O. The van der Waals surface area contributed by atoms with Crippen LogP contribution in [0.2, 0.25) is 0 Å². The molecule has 1 aromatic rings. The highest BCUT2D eigenvalue weighted by Crippen LogP contribution is 2.12. The maximum Gasteiger partial charge on any atom is 0.221 e. The summed E-state index contributed by atoms with van der Waals surface area (Å²) >= 11 is 0. The molecule has 0 aromatic heterocycles. The van der Waals surface area contributed by atoms with Crippen molar-refractivity contribution in [3.05, 3.63) is 35.6 Å². The maximum absolute atomic E-state index is 12.7. The molecule has 0 fully saturated rings. The van der Waals surface area contributed by atoms with Crippen molar-refractivity contribution in [3.63, 3.8) is 0 Å². The fraction of sp³-hybridized carbons (Fsp3) is 0.417. The molecule has 3 nitrogen and oxygen atoms in total. The standard InChI is InChI=1S/C12H17FN2O/c1-8(12(14)16)7-15-9(2)10-3-5-11(13)6-4-10/h3-6,8-9,15H,7H2,1-2H3,(H2,14,16)/t8?,9-/m1/s1. The van der Waals surface area contributed by atoms with E-state index in [1.807, 2.05) is 6.92 Å². The molecule has 1 aromatic carbocycles. The molecule has 88 valence electrons. The van der Waals surface area contributed by atoms with Crippen molar-refractivity contribution in [1.29, 1.82) is 0 Å². The molecule has 0 saturated carbocycles. The molecular weight excluding hydrogens is 207 g/mol. The van der Waals surface area contributed by atoms with E-state index in [1.54, 1.807) is 19.1 Å². The zero-order valence-electron chi connectivity index (χ0n) is 9.53. The van der Waals surface area contributed by atoms with Crippen molar-refractivity contribution in [3.8, 4) is 0 Å². The fourth-order valence-corrected chi connectivity index (χ4v) is 1.32. The highest BCUT2D eigenvalue weighted by atomic mass is 19.1. The van der Waals surface area contributed by atoms with E-state index in [1.165, 1.54) is 12.1 Å². The predicted molar refractivity (Wildman–Crippen MR) is 61.2 cm³/mol. The maximum atomic E-state index is 12.7. The summed E-state index contributed by atoms with van der Waals surface area (Å²) < 4.78 is 12.7. The summed E-state index contributed by atoms with van der Waals surface area (Å²) in [5.41, 5.74) is 6.14. The van der Waals surface area contributed by atoms with Crippen LogP contribution in [-0.2, 0) is 4.79 Å². The summed E-state index contributed by atoms with van der Waals surface area (Å²) in [5.74, 6) is -0.775. The van der Waals surface area contributed by atoms with Crippen LogP contribution in [0.25, 0.3) is 0 Å². The van der Waals surface area contributed by atoms with E-state index in [0.29, 0.717) is 6.54 Å². The summed E-state index contributed by atoms with van der Waals surface area (Å²) in [6.45, 7) is 4.25. The molecule has 3 N–H and O–H groups in total. The van der Waals surface area contributed by atoms with Crippen molar-refractivity contribution in [2.75, 3.05) is 6.54 Å². The van der Waals surface area contributed by atoms with Crippen molar-refractivity contribution < 1.29 is 9.18 Å². The zero-order chi connectivity index (χ0) is 12.1. The van der Waals surface area contributed by atoms with Gasteiger partial charge in [-0.3, -0.25) is 4.79 Å². The molecule has 0 radical (unpaired) electrons. The molecule has 0 saturated heterocycles. The van der Waals surface area contributed by atoms with Crippen LogP contribution < -0.4 is 11.1 Å². The van der Waals surface area contributed by atoms with E-state index in [0.717, 1.165) is 5.56 Å². The summed E-state index contributed by atoms with van der Waals surface area (Å²) in [5, 5.41) is 3.18. The molecule has 0 aliphatic carbocycles. The minimum Gasteiger partial charge on any atom is -0.369 e. The van der Waals surface area contributed by atoms with Crippen LogP contribution in [0.3, 0.4) is 0 Å². The van der Waals surface area contributed by atoms with E-state index in [4.69, 9.17) is 5.73 Å². The number of nitrogens with one attached hydrogen (secondary N) is 1. The van der Waals surface area contributed by atoms with Crippen LogP contribution in [0.5, 0.6) is 0 Å². The van der Waals surface area contributed by atoms with Crippen LogP contribution >= 0.6 is 0 Å². The van der Waals surface area contributed by atoms with Gasteiger partial charge in [-0.25, -0.2) is 4.39 Å². The molecule has 16 heavy (non-hydrogen) atoms. The van der Waals surface area contributed by atoms with Crippen molar-refractivity contribution in [2.24, 2.45) is 11.7 Å². The molecule has 4 heteroatoms. The molecule has 0 spiro atoms. The van der Waals surface area contributed by atoms with E-state index >= 15 is 0 Å². The molecule has 0 aliphatic rings. The Morgan fingerprint density at radius 1 is 1.38 bits per heavy atom. The number of benzene rings is 1. The topological polar surface area (TPSA) is 55.1 Å². The number of hydrogen-bond donors (Lipinski definition) is 2. The Labute approximate surface area is 94.8 Å². The number of halogens is 1. The first-order valence-corrected chi connectivity index (χ1v) is 5.29. The highest BCUT2D eigenvalue weighted by Gasteiger charge is 2.11. The first kappa shape index (κ1) is 12.6. The lowest BCUT2D eigenvalue weighted by molar-refractivity contribution is -0.121. The van der Waals surface area contributed by atoms with Crippen molar-refractivity contribution >= 4 is 5.91 Å². The Bertz CT molecular complexity index is 351. The minimum absolute atomic E-state index is 0.0717. The molecule has 2 atom stereocenters. The monoisotopic (exact) mass is 224 g/mol. The van der Waals surface area contributed by atoms with Crippen molar-refractivity contribution in [2.45, 2.75) is 19.9 Å². The van der Waals surface area contributed by atoms with E-state index in [2.05, 4.69) is 5.32 Å². The van der Waals surface area contributed by atoms with E-state index in [9.17, 15) is 9.18 Å². The van der Waals surface area contributed by atoms with Gasteiger partial charge in [0.25, 0.3) is 0 Å². The van der Waals surface area contributed by atoms with E-state index in [-0.39, 0.29) is 23.7 Å². The second-order valence-corrected chi connectivity index (χ2v) is 3.98. The largest absolute Gasteiger partial charge is 0.369 e. The Kier molecular flexibility index (Phi) is 4.43. The Morgan fingerprint density at radius 2 is 1.94 bits per heavy atom. The van der Waals surface area contributed by atoms with Crippen LogP contribution in [0.15, 0.2) is 24.3 Å². The van der Waals surface area contributed by atoms with Gasteiger partial charge in [0, 0.05) is 18.5 Å². The zero-order valence-corrected chi connectivity index (χ0v) is 9.53. The molecule has 0 bridgehead atoms. The van der Waals surface area contributed by atoms with Gasteiger partial charge < -0.3 is 11.1 Å². The summed E-state index contributed by atoms with van der Waals surface area (Å²) in [6.07, 6.45) is 0. The second kappa shape index (κ2) is 5.61. The Balaban J connectivity index is 2.49. The fourth-order valence-electron chi connectivity index (χ4n) is 1.32. The molecule has 1 rings (SSSR count). The normalized spacial score (nSPS) is 14.4. The lowest BCUT2D eigenvalue weighted by Crippen LogP contribution is -2.32. The third-order valence-corrected chi connectivity index (χ3v) is 2.59. The van der Waals surface area contributed by atoms with Gasteiger partial charge in [-0.2, -0.15) is 0 Å². The third kappa shape index (κ3) is 3.62. The summed E-state index contributed by atoms with van der Waals surface area (Å²) in [4.78, 5) is 10.8. The van der Waals surface area contributed by atoms with Gasteiger partial charge in [-0.15, -0.1) is 0 Å². The average molecular weight is 224 g/mol. The minimum atomic E-state index is -0.321. The third-order valence-electron chi connectivity index (χ3n) is 2.59. The summed E-state index contributed by atoms with van der Waals surface area (Å²) in [6, 6.07) is 6.36. The average Bonchev–Trinajstić information content (AvgIpc) is 2.26. The number of hydrogen-bond acceptors (Lipinski definition) is 2. The summed E-state index contributed by atoms with van der Waals surface area (Å²) in [7, 11) is 0. The number of carbonyl (C=O) groups is 1. The van der Waals surface area contributed by atoms with Gasteiger partial charge in [0.2, 0.25) is 5.91 Å². The number of rotatable bonds is 5. The molecule has 1 amide bonds. The van der Waals surface area contributed by atoms with Crippen molar-refractivity contribution in [1.82, 2.24) is 5.32 Å². The number of primary amides is 1. The lowest BCUT2D eigenvalue weighted by atomic mass is 10.1. The first-order chi connectivity index (χ1) is 7.50. The Hall–Kier alpha value is -1.42. The van der Waals surface area contributed by atoms with Crippen LogP contribution in [0.4, 0.5) is 4.39 Å². The van der Waals surface area contributed by atoms with Gasteiger partial charge in [-0.1, -0.05) is 19.1 Å². The number of carbonyl (C=O) groups excluding carboxylic acids is 1. The van der Waals surface area contributed by atoms with Crippen LogP contribution in [-0.4, -0.2) is 12.5 Å². The van der Waals surface area contributed by atoms with E-state index < -0.39 is 0 Å². The molecular formula is C12H17FN2O. The number of nitrogens with two attached hydrogens (primary N) is 1. The van der Waals surface area contributed by atoms with Gasteiger partial charge >= 0.3 is 0 Å². The smallest absolute Gasteiger partial charge is 0.221 e. The second-order valence-electron chi connectivity index (χ2n) is 3.98. The predicted octanol–water partition coefficient (Wildman–Crippen LogP) is 1.60. The molecule has 0 heterocycles. The number of amides is 1. The van der Waals surface area contributed by atoms with Gasteiger partial charge in [0.05, 0.1) is 0 Å².